The number of rotatable bonds is 4. The molecule has 1 aliphatic carbocycles. The van der Waals surface area contributed by atoms with Crippen LogP contribution in [0.1, 0.15) is 12.8 Å². The molecule has 1 aliphatic heterocycles. The van der Waals surface area contributed by atoms with Crippen molar-refractivity contribution in [1.82, 2.24) is 9.88 Å². The van der Waals surface area contributed by atoms with E-state index >= 15 is 0 Å². The van der Waals surface area contributed by atoms with Crippen molar-refractivity contribution in [1.29, 1.82) is 0 Å². The average molecular weight is 404 g/mol. The van der Waals surface area contributed by atoms with E-state index < -0.39 is 11.6 Å². The maximum Gasteiger partial charge on any atom is 0.323 e. The van der Waals surface area contributed by atoms with Crippen molar-refractivity contribution in [2.45, 2.75) is 18.9 Å². The predicted octanol–water partition coefficient (Wildman–Crippen LogP) is 3.43. The highest BCUT2D eigenvalue weighted by molar-refractivity contribution is 5.88. The first kappa shape index (κ1) is 19.4. The van der Waals surface area contributed by atoms with Crippen molar-refractivity contribution >= 4 is 17.5 Å². The van der Waals surface area contributed by atoms with Crippen molar-refractivity contribution in [2.75, 3.05) is 30.8 Å². The number of likely N-dealkylation sites (tertiary alicyclic amines) is 1. The van der Waals surface area contributed by atoms with Crippen molar-refractivity contribution in [3.63, 3.8) is 0 Å². The summed E-state index contributed by atoms with van der Waals surface area (Å²) >= 11 is 0. The van der Waals surface area contributed by atoms with E-state index in [-0.39, 0.29) is 35.1 Å². The van der Waals surface area contributed by atoms with Gasteiger partial charge < -0.3 is 20.1 Å². The van der Waals surface area contributed by atoms with Crippen LogP contribution in [0.3, 0.4) is 0 Å². The van der Waals surface area contributed by atoms with Crippen molar-refractivity contribution in [3.05, 3.63) is 42.1 Å². The lowest BCUT2D eigenvalue weighted by Gasteiger charge is -2.18. The minimum atomic E-state index is -0.719. The second kappa shape index (κ2) is 7.82. The number of hydrogen-bond acceptors (Lipinski definition) is 5. The maximum absolute atomic E-state index is 14.1. The number of fused-ring (bicyclic) bond motifs is 1. The van der Waals surface area contributed by atoms with Crippen LogP contribution in [0.5, 0.6) is 11.5 Å². The zero-order valence-electron chi connectivity index (χ0n) is 15.9. The summed E-state index contributed by atoms with van der Waals surface area (Å²) in [6.07, 6.45) is 2.60. The lowest BCUT2D eigenvalue weighted by Crippen LogP contribution is -2.34. The third-order valence-corrected chi connectivity index (χ3v) is 5.50. The lowest BCUT2D eigenvalue weighted by atomic mass is 10.0. The summed E-state index contributed by atoms with van der Waals surface area (Å²) < 4.78 is 33.4. The molecule has 0 bridgehead atoms. The molecule has 0 spiro atoms. The third-order valence-electron chi connectivity index (χ3n) is 5.50. The molecule has 1 aromatic heterocycles. The van der Waals surface area contributed by atoms with E-state index in [4.69, 9.17) is 4.74 Å². The topological polar surface area (TPSA) is 86.7 Å². The first-order chi connectivity index (χ1) is 13.9. The molecular weight excluding hydrogens is 382 g/mol. The molecule has 2 heterocycles. The molecule has 9 heteroatoms. The van der Waals surface area contributed by atoms with Crippen LogP contribution in [0.2, 0.25) is 0 Å². The van der Waals surface area contributed by atoms with Gasteiger partial charge in [-0.1, -0.05) is 0 Å². The SMILES string of the molecule is CNc1cc(F)c(Oc2ccnc(NC(=O)N3CC4CC(O)CC4C3)c2)cc1F. The van der Waals surface area contributed by atoms with Crippen LogP contribution < -0.4 is 15.4 Å². The van der Waals surface area contributed by atoms with Crippen LogP contribution in [-0.2, 0) is 0 Å². The Hall–Kier alpha value is -2.94. The largest absolute Gasteiger partial charge is 0.454 e. The van der Waals surface area contributed by atoms with Crippen LogP contribution in [0, 0.1) is 23.5 Å². The van der Waals surface area contributed by atoms with E-state index in [0.29, 0.717) is 24.9 Å². The summed E-state index contributed by atoms with van der Waals surface area (Å²) in [5.74, 6) is -0.505. The molecule has 1 saturated heterocycles. The molecule has 0 radical (unpaired) electrons. The number of hydrogen-bond donors (Lipinski definition) is 3. The van der Waals surface area contributed by atoms with Crippen molar-refractivity contribution < 1.29 is 23.4 Å². The quantitative estimate of drug-likeness (QED) is 0.727. The van der Waals surface area contributed by atoms with E-state index in [1.807, 2.05) is 0 Å². The van der Waals surface area contributed by atoms with Crippen LogP contribution in [-0.4, -0.2) is 47.3 Å². The van der Waals surface area contributed by atoms with Gasteiger partial charge in [-0.05, 0) is 30.7 Å². The number of halogens is 2. The molecular formula is C20H22F2N4O3. The summed E-state index contributed by atoms with van der Waals surface area (Å²) in [4.78, 5) is 18.3. The number of benzene rings is 1. The zero-order chi connectivity index (χ0) is 20.5. The number of aliphatic hydroxyl groups excluding tert-OH is 1. The number of aromatic nitrogens is 1. The number of nitrogens with zero attached hydrogens (tertiary/aromatic N) is 2. The molecule has 4 rings (SSSR count). The monoisotopic (exact) mass is 404 g/mol. The van der Waals surface area contributed by atoms with E-state index in [9.17, 15) is 18.7 Å². The Balaban J connectivity index is 1.42. The standard InChI is InChI=1S/C20H22F2N4O3/c1-23-17-7-16(22)18(8-15(17)21)29-14-2-3-24-19(6-14)25-20(28)26-9-11-4-13(27)5-12(11)10-26/h2-3,6-8,11-13,23,27H,4-5,9-10H2,1H3,(H,24,25,28). The third kappa shape index (κ3) is 4.09. The fourth-order valence-electron chi connectivity index (χ4n) is 4.09. The molecule has 3 N–H and O–H groups in total. The molecule has 7 nitrogen and oxygen atoms in total. The van der Waals surface area contributed by atoms with Gasteiger partial charge in [0.05, 0.1) is 11.8 Å². The number of carbonyl (C=O) groups is 1. The Kier molecular flexibility index (Phi) is 5.23. The van der Waals surface area contributed by atoms with Gasteiger partial charge in [0.15, 0.2) is 11.6 Å². The minimum Gasteiger partial charge on any atom is -0.454 e. The number of anilines is 2. The predicted molar refractivity (Wildman–Crippen MR) is 103 cm³/mol. The molecule has 2 unspecified atom stereocenters. The van der Waals surface area contributed by atoms with Gasteiger partial charge in [-0.25, -0.2) is 18.6 Å². The Morgan fingerprint density at radius 2 is 1.93 bits per heavy atom. The molecule has 29 heavy (non-hydrogen) atoms. The zero-order valence-corrected chi connectivity index (χ0v) is 15.9. The van der Waals surface area contributed by atoms with E-state index in [1.54, 1.807) is 4.90 Å². The summed E-state index contributed by atoms with van der Waals surface area (Å²) in [7, 11) is 1.49. The van der Waals surface area contributed by atoms with Crippen molar-refractivity contribution in [3.8, 4) is 11.5 Å². The molecule has 2 atom stereocenters. The van der Waals surface area contributed by atoms with Gasteiger partial charge in [0.1, 0.15) is 17.4 Å². The van der Waals surface area contributed by atoms with Gasteiger partial charge in [-0.15, -0.1) is 0 Å². The highest BCUT2D eigenvalue weighted by Gasteiger charge is 2.41. The average Bonchev–Trinajstić information content (AvgIpc) is 3.22. The Morgan fingerprint density at radius 3 is 2.62 bits per heavy atom. The number of urea groups is 1. The van der Waals surface area contributed by atoms with Gasteiger partial charge >= 0.3 is 6.03 Å². The van der Waals surface area contributed by atoms with Crippen LogP contribution in [0.4, 0.5) is 25.1 Å². The highest BCUT2D eigenvalue weighted by atomic mass is 19.1. The molecule has 1 aromatic carbocycles. The highest BCUT2D eigenvalue weighted by Crippen LogP contribution is 2.38. The lowest BCUT2D eigenvalue weighted by molar-refractivity contribution is 0.163. The fourth-order valence-corrected chi connectivity index (χ4v) is 4.09. The molecule has 2 aliphatic rings. The number of aliphatic hydroxyl groups is 1. The van der Waals surface area contributed by atoms with E-state index in [1.165, 1.54) is 25.4 Å². The normalized spacial score (nSPS) is 23.0. The number of carbonyl (C=O) groups excluding carboxylic acids is 1. The maximum atomic E-state index is 14.1. The molecule has 2 amide bonds. The van der Waals surface area contributed by atoms with E-state index in [2.05, 4.69) is 15.6 Å². The number of amides is 2. The van der Waals surface area contributed by atoms with Gasteiger partial charge in [0.2, 0.25) is 0 Å². The van der Waals surface area contributed by atoms with Gasteiger partial charge in [0, 0.05) is 44.5 Å². The first-order valence-corrected chi connectivity index (χ1v) is 9.47. The minimum absolute atomic E-state index is 0.0282. The van der Waals surface area contributed by atoms with Crippen LogP contribution in [0.25, 0.3) is 0 Å². The Labute approximate surface area is 166 Å². The smallest absolute Gasteiger partial charge is 0.323 e. The molecule has 1 saturated carbocycles. The van der Waals surface area contributed by atoms with Gasteiger partial charge in [0.25, 0.3) is 0 Å². The summed E-state index contributed by atoms with van der Waals surface area (Å²) in [5, 5.41) is 15.0. The first-order valence-electron chi connectivity index (χ1n) is 9.47. The molecule has 2 fully saturated rings. The van der Waals surface area contributed by atoms with Crippen LogP contribution in [0.15, 0.2) is 30.5 Å². The number of ether oxygens (including phenoxy) is 1. The summed E-state index contributed by atoms with van der Waals surface area (Å²) in [5.41, 5.74) is 0.0282. The number of nitrogens with one attached hydrogen (secondary N) is 2. The second-order valence-electron chi connectivity index (χ2n) is 7.47. The molecule has 154 valence electrons. The Bertz CT molecular complexity index is 913. The summed E-state index contributed by atoms with van der Waals surface area (Å²) in [6, 6.07) is 4.62. The Morgan fingerprint density at radius 1 is 1.21 bits per heavy atom. The molecule has 2 aromatic rings. The fraction of sp³-hybridized carbons (Fsp3) is 0.400. The van der Waals surface area contributed by atoms with Gasteiger partial charge in [-0.2, -0.15) is 0 Å². The second-order valence-corrected chi connectivity index (χ2v) is 7.47. The van der Waals surface area contributed by atoms with E-state index in [0.717, 1.165) is 25.0 Å². The number of pyridine rings is 1. The van der Waals surface area contributed by atoms with Crippen LogP contribution >= 0.6 is 0 Å². The van der Waals surface area contributed by atoms with Gasteiger partial charge in [-0.3, -0.25) is 5.32 Å². The van der Waals surface area contributed by atoms with Crippen molar-refractivity contribution in [2.24, 2.45) is 11.8 Å². The summed E-state index contributed by atoms with van der Waals surface area (Å²) in [6.45, 7) is 1.21.